The van der Waals surface area contributed by atoms with Crippen molar-refractivity contribution >= 4 is 21.2 Å². The molecule has 1 heterocycles. The summed E-state index contributed by atoms with van der Waals surface area (Å²) >= 11 is 1.46. The van der Waals surface area contributed by atoms with E-state index in [0.717, 1.165) is 5.01 Å². The Kier molecular flexibility index (Phi) is 3.63. The van der Waals surface area contributed by atoms with Crippen LogP contribution in [0.3, 0.4) is 0 Å². The number of nitrogens with zero attached hydrogens (tertiary/aromatic N) is 1. The van der Waals surface area contributed by atoms with Gasteiger partial charge in [0.15, 0.2) is 9.84 Å². The van der Waals surface area contributed by atoms with Gasteiger partial charge in [-0.15, -0.1) is 11.3 Å². The van der Waals surface area contributed by atoms with Crippen LogP contribution in [0.1, 0.15) is 17.6 Å². The topological polar surface area (TPSA) is 73.0 Å². The minimum Gasteiger partial charge on any atom is -0.329 e. The van der Waals surface area contributed by atoms with Crippen LogP contribution < -0.4 is 5.73 Å². The molecule has 0 aliphatic carbocycles. The fourth-order valence-electron chi connectivity index (χ4n) is 0.970. The predicted molar refractivity (Wildman–Crippen MR) is 58.0 cm³/mol. The van der Waals surface area contributed by atoms with Gasteiger partial charge in [-0.2, -0.15) is 0 Å². The fraction of sp³-hybridized carbons (Fsp3) is 0.625. The summed E-state index contributed by atoms with van der Waals surface area (Å²) in [5, 5.41) is 2.16. The number of sulfone groups is 1. The number of rotatable bonds is 4. The van der Waals surface area contributed by atoms with E-state index in [9.17, 15) is 8.42 Å². The van der Waals surface area contributed by atoms with Gasteiger partial charge in [-0.3, -0.25) is 0 Å². The van der Waals surface area contributed by atoms with Gasteiger partial charge < -0.3 is 5.73 Å². The average molecular weight is 234 g/mol. The van der Waals surface area contributed by atoms with E-state index in [1.165, 1.54) is 11.3 Å². The molecule has 0 radical (unpaired) electrons. The number of thiazole rings is 1. The van der Waals surface area contributed by atoms with Crippen molar-refractivity contribution in [3.05, 3.63) is 16.1 Å². The molecule has 1 rings (SSSR count). The molecule has 0 bridgehead atoms. The summed E-state index contributed by atoms with van der Waals surface area (Å²) in [6.07, 6.45) is 0. The Bertz CT molecular complexity index is 397. The van der Waals surface area contributed by atoms with Crippen LogP contribution in [0.5, 0.6) is 0 Å². The second kappa shape index (κ2) is 4.37. The highest BCUT2D eigenvalue weighted by atomic mass is 32.2. The van der Waals surface area contributed by atoms with Gasteiger partial charge >= 0.3 is 0 Å². The van der Waals surface area contributed by atoms with Crippen LogP contribution in [-0.4, -0.2) is 25.2 Å². The van der Waals surface area contributed by atoms with Crippen molar-refractivity contribution in [3.63, 3.8) is 0 Å². The molecule has 0 aromatic carbocycles. The molecule has 0 saturated carbocycles. The summed E-state index contributed by atoms with van der Waals surface area (Å²) in [5.41, 5.74) is 5.94. The molecule has 2 N–H and O–H groups in total. The zero-order chi connectivity index (χ0) is 10.8. The van der Waals surface area contributed by atoms with E-state index in [2.05, 4.69) is 4.98 Å². The normalized spacial score (nSPS) is 14.2. The van der Waals surface area contributed by atoms with Gasteiger partial charge in [0.2, 0.25) is 0 Å². The number of nitrogens with two attached hydrogens (primary N) is 1. The molecule has 0 saturated heterocycles. The van der Waals surface area contributed by atoms with Gasteiger partial charge in [-0.05, 0) is 13.8 Å². The van der Waals surface area contributed by atoms with Crippen molar-refractivity contribution in [1.29, 1.82) is 0 Å². The summed E-state index contributed by atoms with van der Waals surface area (Å²) < 4.78 is 23.2. The Balaban J connectivity index is 2.78. The van der Waals surface area contributed by atoms with Gasteiger partial charge in [0.05, 0.1) is 21.7 Å². The highest BCUT2D eigenvalue weighted by Gasteiger charge is 2.20. The quantitative estimate of drug-likeness (QED) is 0.833. The third kappa shape index (κ3) is 2.76. The zero-order valence-electron chi connectivity index (χ0n) is 8.23. The van der Waals surface area contributed by atoms with E-state index < -0.39 is 15.1 Å². The molecule has 4 nitrogen and oxygen atoms in total. The molecule has 1 aromatic heterocycles. The SMILES string of the molecule is Cc1nc(CS(=O)(=O)C(C)CN)cs1. The molecule has 0 aliphatic heterocycles. The average Bonchev–Trinajstić information content (AvgIpc) is 2.48. The van der Waals surface area contributed by atoms with Gasteiger partial charge in [0.1, 0.15) is 0 Å². The molecule has 0 aliphatic rings. The first-order valence-corrected chi connectivity index (χ1v) is 6.88. The lowest BCUT2D eigenvalue weighted by molar-refractivity contribution is 0.582. The number of aryl methyl sites for hydroxylation is 1. The van der Waals surface area contributed by atoms with Gasteiger partial charge in [-0.25, -0.2) is 13.4 Å². The molecular formula is C8H14N2O2S2. The molecule has 1 atom stereocenters. The first-order chi connectivity index (χ1) is 6.45. The van der Waals surface area contributed by atoms with E-state index in [4.69, 9.17) is 5.73 Å². The highest BCUT2D eigenvalue weighted by Crippen LogP contribution is 2.13. The second-order valence-electron chi connectivity index (χ2n) is 3.21. The van der Waals surface area contributed by atoms with Crippen LogP contribution in [-0.2, 0) is 15.6 Å². The third-order valence-electron chi connectivity index (χ3n) is 1.96. The van der Waals surface area contributed by atoms with Crippen molar-refractivity contribution in [2.75, 3.05) is 6.54 Å². The minimum absolute atomic E-state index is 0.00426. The van der Waals surface area contributed by atoms with Crippen molar-refractivity contribution in [2.45, 2.75) is 24.9 Å². The Hall–Kier alpha value is -0.460. The van der Waals surface area contributed by atoms with Crippen LogP contribution in [0, 0.1) is 6.92 Å². The van der Waals surface area contributed by atoms with Crippen LogP contribution in [0.15, 0.2) is 5.38 Å². The maximum atomic E-state index is 11.6. The Morgan fingerprint density at radius 1 is 1.64 bits per heavy atom. The molecule has 0 spiro atoms. The monoisotopic (exact) mass is 234 g/mol. The van der Waals surface area contributed by atoms with E-state index in [-0.39, 0.29) is 12.3 Å². The van der Waals surface area contributed by atoms with Gasteiger partial charge in [0, 0.05) is 11.9 Å². The maximum absolute atomic E-state index is 11.6. The van der Waals surface area contributed by atoms with E-state index in [1.807, 2.05) is 6.92 Å². The molecule has 1 unspecified atom stereocenters. The first-order valence-electron chi connectivity index (χ1n) is 4.28. The summed E-state index contributed by atoms with van der Waals surface area (Å²) in [4.78, 5) is 4.11. The van der Waals surface area contributed by atoms with Crippen molar-refractivity contribution in [3.8, 4) is 0 Å². The smallest absolute Gasteiger partial charge is 0.159 e. The molecule has 1 aromatic rings. The van der Waals surface area contributed by atoms with Crippen molar-refractivity contribution < 1.29 is 8.42 Å². The number of aromatic nitrogens is 1. The van der Waals surface area contributed by atoms with Crippen LogP contribution in [0.2, 0.25) is 0 Å². The Morgan fingerprint density at radius 3 is 2.71 bits per heavy atom. The summed E-state index contributed by atoms with van der Waals surface area (Å²) in [6.45, 7) is 3.63. The molecule has 14 heavy (non-hydrogen) atoms. The highest BCUT2D eigenvalue weighted by molar-refractivity contribution is 7.91. The second-order valence-corrected chi connectivity index (χ2v) is 6.69. The van der Waals surface area contributed by atoms with Crippen LogP contribution in [0.25, 0.3) is 0 Å². The first kappa shape index (κ1) is 11.6. The molecule has 0 fully saturated rings. The Morgan fingerprint density at radius 2 is 2.29 bits per heavy atom. The lowest BCUT2D eigenvalue weighted by Crippen LogP contribution is -2.27. The zero-order valence-corrected chi connectivity index (χ0v) is 9.86. The molecule has 80 valence electrons. The summed E-state index contributed by atoms with van der Waals surface area (Å²) in [5.74, 6) is -0.00426. The van der Waals surface area contributed by atoms with E-state index in [0.29, 0.717) is 5.69 Å². The Labute approximate surface area is 88.1 Å². The maximum Gasteiger partial charge on any atom is 0.159 e. The molecular weight excluding hydrogens is 220 g/mol. The summed E-state index contributed by atoms with van der Waals surface area (Å²) in [7, 11) is -3.13. The van der Waals surface area contributed by atoms with E-state index >= 15 is 0 Å². The standard InChI is InChI=1S/C8H14N2O2S2/c1-6(3-9)14(11,12)5-8-4-13-7(2)10-8/h4,6H,3,5,9H2,1-2H3. The number of hydrogen-bond acceptors (Lipinski definition) is 5. The van der Waals surface area contributed by atoms with Crippen molar-refractivity contribution in [2.24, 2.45) is 5.73 Å². The van der Waals surface area contributed by atoms with E-state index in [1.54, 1.807) is 12.3 Å². The van der Waals surface area contributed by atoms with Crippen molar-refractivity contribution in [1.82, 2.24) is 4.98 Å². The van der Waals surface area contributed by atoms with Gasteiger partial charge in [0.25, 0.3) is 0 Å². The fourth-order valence-corrected chi connectivity index (χ4v) is 2.83. The van der Waals surface area contributed by atoms with Gasteiger partial charge in [-0.1, -0.05) is 0 Å². The predicted octanol–water partition coefficient (Wildman–Crippen LogP) is 0.714. The summed E-state index contributed by atoms with van der Waals surface area (Å²) in [6, 6.07) is 0. The lowest BCUT2D eigenvalue weighted by Gasteiger charge is -2.08. The number of hydrogen-bond donors (Lipinski definition) is 1. The molecule has 6 heteroatoms. The van der Waals surface area contributed by atoms with Crippen LogP contribution >= 0.6 is 11.3 Å². The molecule has 0 amide bonds. The third-order valence-corrected chi connectivity index (χ3v) is 4.90. The largest absolute Gasteiger partial charge is 0.329 e. The minimum atomic E-state index is -3.13. The lowest BCUT2D eigenvalue weighted by atomic mass is 10.5. The van der Waals surface area contributed by atoms with Crippen LogP contribution in [0.4, 0.5) is 0 Å².